The Hall–Kier alpha value is -1.15. The molecule has 1 saturated carbocycles. The molecule has 0 spiro atoms. The first-order chi connectivity index (χ1) is 9.19. The normalized spacial score (nSPS) is 17.6. The molecule has 0 aromatic carbocycles. The number of fused-ring (bicyclic) bond motifs is 1. The molecule has 1 N–H and O–H groups in total. The van der Waals surface area contributed by atoms with Crippen LogP contribution in [0.1, 0.15) is 23.3 Å². The van der Waals surface area contributed by atoms with Crippen LogP contribution in [0.3, 0.4) is 0 Å². The smallest absolute Gasteiger partial charge is 0.323 e. The molecule has 3 nitrogen and oxygen atoms in total. The highest BCUT2D eigenvalue weighted by Gasteiger charge is 2.65. The quantitative estimate of drug-likeness (QED) is 0.812. The third-order valence-corrected chi connectivity index (χ3v) is 5.31. The molecule has 0 saturated heterocycles. The summed E-state index contributed by atoms with van der Waals surface area (Å²) in [6.45, 7) is 3.57. The Morgan fingerprint density at radius 3 is 2.45 bits per heavy atom. The molecule has 2 aromatic rings. The summed E-state index contributed by atoms with van der Waals surface area (Å²) in [5.74, 6) is 0. The molecule has 20 heavy (non-hydrogen) atoms. The average Bonchev–Trinajstić information content (AvgIpc) is 3.03. The minimum atomic E-state index is -4.47. The van der Waals surface area contributed by atoms with Gasteiger partial charge < -0.3 is 4.98 Å². The summed E-state index contributed by atoms with van der Waals surface area (Å²) < 4.78 is 40.3. The first kappa shape index (κ1) is 13.8. The Labute approximate surface area is 121 Å². The Kier molecular flexibility index (Phi) is 2.72. The third kappa shape index (κ3) is 1.64. The van der Waals surface area contributed by atoms with E-state index in [4.69, 9.17) is 12.2 Å². The molecule has 0 unspecified atom stereocenters. The van der Waals surface area contributed by atoms with Crippen LogP contribution in [-0.2, 0) is 5.54 Å². The summed E-state index contributed by atoms with van der Waals surface area (Å²) in [6, 6.07) is 0. The maximum atomic E-state index is 13.2. The number of aryl methyl sites for hydroxylation is 2. The van der Waals surface area contributed by atoms with Crippen LogP contribution in [-0.4, -0.2) is 15.7 Å². The number of H-pyrrole nitrogens is 1. The van der Waals surface area contributed by atoms with Gasteiger partial charge in [0.1, 0.15) is 10.4 Å². The van der Waals surface area contributed by atoms with E-state index in [-0.39, 0.29) is 17.6 Å². The van der Waals surface area contributed by atoms with Gasteiger partial charge in [-0.25, -0.2) is 0 Å². The molecular formula is C12H11F3N2OS2. The minimum absolute atomic E-state index is 0.0957. The highest BCUT2D eigenvalue weighted by atomic mass is 32.1. The second-order valence-corrected chi connectivity index (χ2v) is 6.70. The zero-order chi connectivity index (χ0) is 14.9. The van der Waals surface area contributed by atoms with Crippen molar-refractivity contribution in [3.05, 3.63) is 25.6 Å². The van der Waals surface area contributed by atoms with Crippen molar-refractivity contribution in [2.75, 3.05) is 0 Å². The van der Waals surface area contributed by atoms with Gasteiger partial charge in [-0.2, -0.15) is 13.2 Å². The average molecular weight is 320 g/mol. The van der Waals surface area contributed by atoms with E-state index in [2.05, 4.69) is 4.98 Å². The molecule has 0 radical (unpaired) electrons. The van der Waals surface area contributed by atoms with E-state index >= 15 is 0 Å². The fourth-order valence-corrected chi connectivity index (χ4v) is 3.95. The lowest BCUT2D eigenvalue weighted by Crippen LogP contribution is -2.42. The van der Waals surface area contributed by atoms with Gasteiger partial charge in [-0.3, -0.25) is 9.36 Å². The van der Waals surface area contributed by atoms with Gasteiger partial charge in [-0.1, -0.05) is 0 Å². The zero-order valence-corrected chi connectivity index (χ0v) is 12.4. The Balaban J connectivity index is 2.42. The first-order valence-corrected chi connectivity index (χ1v) is 7.24. The van der Waals surface area contributed by atoms with Crippen molar-refractivity contribution >= 4 is 33.8 Å². The third-order valence-electron chi connectivity index (χ3n) is 3.91. The van der Waals surface area contributed by atoms with Gasteiger partial charge >= 0.3 is 6.18 Å². The van der Waals surface area contributed by atoms with Crippen LogP contribution in [0.25, 0.3) is 10.2 Å². The molecule has 0 atom stereocenters. The highest BCUT2D eigenvalue weighted by Crippen LogP contribution is 2.54. The number of nitrogens with zero attached hydrogens (tertiary/aromatic N) is 1. The Morgan fingerprint density at radius 2 is 1.95 bits per heavy atom. The molecule has 3 rings (SSSR count). The maximum Gasteiger partial charge on any atom is 0.412 e. The molecule has 1 aliphatic rings. The van der Waals surface area contributed by atoms with Crippen LogP contribution in [0.2, 0.25) is 0 Å². The predicted molar refractivity (Wildman–Crippen MR) is 74.0 cm³/mol. The SMILES string of the molecule is Cc1sc2[nH]c(=S)n(C3(C(F)(F)F)CC3)c(=O)c2c1C. The molecule has 8 heteroatoms. The van der Waals surface area contributed by atoms with Gasteiger partial charge in [0.2, 0.25) is 0 Å². The number of hydrogen-bond acceptors (Lipinski definition) is 3. The molecule has 0 amide bonds. The summed E-state index contributed by atoms with van der Waals surface area (Å²) in [5.41, 5.74) is -2.04. The molecule has 0 bridgehead atoms. The number of nitrogens with one attached hydrogen (secondary N) is 1. The first-order valence-electron chi connectivity index (χ1n) is 6.01. The molecular weight excluding hydrogens is 309 g/mol. The van der Waals surface area contributed by atoms with E-state index in [1.165, 1.54) is 11.3 Å². The predicted octanol–water partition coefficient (Wildman–Crippen LogP) is 3.79. The molecule has 0 aliphatic heterocycles. The van der Waals surface area contributed by atoms with Gasteiger partial charge in [-0.15, -0.1) is 11.3 Å². The van der Waals surface area contributed by atoms with Crippen molar-refractivity contribution in [2.24, 2.45) is 0 Å². The molecule has 108 valence electrons. The molecule has 2 heterocycles. The largest absolute Gasteiger partial charge is 0.412 e. The summed E-state index contributed by atoms with van der Waals surface area (Å²) in [5, 5.41) is 0.316. The second kappa shape index (κ2) is 3.94. The van der Waals surface area contributed by atoms with E-state index in [9.17, 15) is 18.0 Å². The van der Waals surface area contributed by atoms with Crippen LogP contribution in [0, 0.1) is 18.6 Å². The lowest BCUT2D eigenvalue weighted by Gasteiger charge is -2.21. The maximum absolute atomic E-state index is 13.2. The number of rotatable bonds is 1. The molecule has 1 fully saturated rings. The van der Waals surface area contributed by atoms with Crippen molar-refractivity contribution in [3.63, 3.8) is 0 Å². The van der Waals surface area contributed by atoms with E-state index in [0.29, 0.717) is 15.8 Å². The standard InChI is InChI=1S/C12H11F3N2OS2/c1-5-6(2)20-8-7(5)9(18)17(10(19)16-8)11(3-4-11)12(13,14)15/h3-4H2,1-2H3,(H,16,19). The van der Waals surface area contributed by atoms with Gasteiger partial charge in [0.05, 0.1) is 5.39 Å². The van der Waals surface area contributed by atoms with E-state index < -0.39 is 17.3 Å². The number of alkyl halides is 3. The number of aromatic amines is 1. The number of halogens is 3. The number of aromatic nitrogens is 2. The Morgan fingerprint density at radius 1 is 1.35 bits per heavy atom. The summed E-state index contributed by atoms with van der Waals surface area (Å²) in [4.78, 5) is 16.7. The van der Waals surface area contributed by atoms with Crippen molar-refractivity contribution in [1.29, 1.82) is 0 Å². The van der Waals surface area contributed by atoms with Gasteiger partial charge in [-0.05, 0) is 44.5 Å². The lowest BCUT2D eigenvalue weighted by atomic mass is 10.2. The van der Waals surface area contributed by atoms with Crippen LogP contribution in [0.4, 0.5) is 13.2 Å². The monoisotopic (exact) mass is 320 g/mol. The van der Waals surface area contributed by atoms with E-state index in [1.54, 1.807) is 6.92 Å². The van der Waals surface area contributed by atoms with Crippen LogP contribution in [0.15, 0.2) is 4.79 Å². The van der Waals surface area contributed by atoms with Crippen LogP contribution < -0.4 is 5.56 Å². The van der Waals surface area contributed by atoms with E-state index in [1.807, 2.05) is 6.92 Å². The fraction of sp³-hybridized carbons (Fsp3) is 0.500. The van der Waals surface area contributed by atoms with Crippen LogP contribution >= 0.6 is 23.6 Å². The second-order valence-electron chi connectivity index (χ2n) is 5.09. The van der Waals surface area contributed by atoms with E-state index in [0.717, 1.165) is 9.44 Å². The van der Waals surface area contributed by atoms with Crippen molar-refractivity contribution in [1.82, 2.24) is 9.55 Å². The minimum Gasteiger partial charge on any atom is -0.323 e. The lowest BCUT2D eigenvalue weighted by molar-refractivity contribution is -0.181. The van der Waals surface area contributed by atoms with Crippen LogP contribution in [0.5, 0.6) is 0 Å². The van der Waals surface area contributed by atoms with Gasteiger partial charge in [0.25, 0.3) is 5.56 Å². The van der Waals surface area contributed by atoms with Crippen molar-refractivity contribution in [2.45, 2.75) is 38.4 Å². The van der Waals surface area contributed by atoms with Gasteiger partial charge in [0.15, 0.2) is 4.77 Å². The number of hydrogen-bond donors (Lipinski definition) is 1. The molecule has 1 aliphatic carbocycles. The summed E-state index contributed by atoms with van der Waals surface area (Å²) in [7, 11) is 0. The zero-order valence-electron chi connectivity index (χ0n) is 10.7. The Bertz CT molecular complexity index is 824. The molecule has 2 aromatic heterocycles. The summed E-state index contributed by atoms with van der Waals surface area (Å²) >= 11 is 6.33. The van der Waals surface area contributed by atoms with Crippen molar-refractivity contribution in [3.8, 4) is 0 Å². The highest BCUT2D eigenvalue weighted by molar-refractivity contribution is 7.71. The topological polar surface area (TPSA) is 37.8 Å². The fourth-order valence-electron chi connectivity index (χ4n) is 2.47. The van der Waals surface area contributed by atoms with Gasteiger partial charge in [0, 0.05) is 4.88 Å². The van der Waals surface area contributed by atoms with Crippen molar-refractivity contribution < 1.29 is 13.2 Å². The number of thiophene rings is 1. The summed E-state index contributed by atoms with van der Waals surface area (Å²) in [6.07, 6.45) is -4.66.